The van der Waals surface area contributed by atoms with Gasteiger partial charge < -0.3 is 5.32 Å². The van der Waals surface area contributed by atoms with E-state index in [1.165, 1.54) is 16.7 Å². The van der Waals surface area contributed by atoms with Crippen LogP contribution in [0.1, 0.15) is 16.7 Å². The Balaban J connectivity index is 2.11. The van der Waals surface area contributed by atoms with Gasteiger partial charge in [0.1, 0.15) is 0 Å². The van der Waals surface area contributed by atoms with Crippen LogP contribution in [0.4, 0.5) is 5.69 Å². The first-order valence-electron chi connectivity index (χ1n) is 5.81. The number of nitrogens with one attached hydrogen (secondary N) is 1. The fourth-order valence-electron chi connectivity index (χ4n) is 1.75. The van der Waals surface area contributed by atoms with Gasteiger partial charge in [-0.15, -0.1) is 0 Å². The van der Waals surface area contributed by atoms with Crippen LogP contribution in [0.5, 0.6) is 0 Å². The van der Waals surface area contributed by atoms with Crippen molar-refractivity contribution in [2.24, 2.45) is 0 Å². The first-order valence-corrected chi connectivity index (χ1v) is 6.98. The van der Waals surface area contributed by atoms with Crippen LogP contribution < -0.4 is 5.32 Å². The van der Waals surface area contributed by atoms with E-state index in [0.717, 1.165) is 21.7 Å². The van der Waals surface area contributed by atoms with Crippen molar-refractivity contribution in [3.63, 3.8) is 0 Å². The average Bonchev–Trinajstić information content (AvgIpc) is 2.30. The Morgan fingerprint density at radius 3 is 2.39 bits per heavy atom. The molecular formula is C15H15BrClN. The number of anilines is 1. The van der Waals surface area contributed by atoms with Crippen LogP contribution in [0.2, 0.25) is 5.02 Å². The molecule has 0 aliphatic rings. The summed E-state index contributed by atoms with van der Waals surface area (Å²) < 4.78 is 1.12. The maximum absolute atomic E-state index is 6.19. The molecule has 0 aliphatic heterocycles. The highest BCUT2D eigenvalue weighted by atomic mass is 79.9. The monoisotopic (exact) mass is 323 g/mol. The van der Waals surface area contributed by atoms with Crippen LogP contribution in [-0.2, 0) is 6.54 Å². The molecule has 2 aromatic carbocycles. The van der Waals surface area contributed by atoms with E-state index >= 15 is 0 Å². The Morgan fingerprint density at radius 2 is 1.72 bits per heavy atom. The number of hydrogen-bond acceptors (Lipinski definition) is 1. The van der Waals surface area contributed by atoms with Gasteiger partial charge in [0.2, 0.25) is 0 Å². The summed E-state index contributed by atoms with van der Waals surface area (Å²) in [4.78, 5) is 0. The Morgan fingerprint density at radius 1 is 1.06 bits per heavy atom. The predicted octanol–water partition coefficient (Wildman–Crippen LogP) is 5.33. The van der Waals surface area contributed by atoms with Gasteiger partial charge in [-0.25, -0.2) is 0 Å². The number of aryl methyl sites for hydroxylation is 2. The second kappa shape index (κ2) is 5.77. The lowest BCUT2D eigenvalue weighted by molar-refractivity contribution is 1.13. The van der Waals surface area contributed by atoms with Crippen molar-refractivity contribution in [1.82, 2.24) is 0 Å². The summed E-state index contributed by atoms with van der Waals surface area (Å²) in [6.45, 7) is 4.87. The van der Waals surface area contributed by atoms with Crippen molar-refractivity contribution in [2.45, 2.75) is 20.4 Å². The van der Waals surface area contributed by atoms with E-state index in [9.17, 15) is 0 Å². The summed E-state index contributed by atoms with van der Waals surface area (Å²) in [6.07, 6.45) is 0. The minimum absolute atomic E-state index is 0.754. The summed E-state index contributed by atoms with van der Waals surface area (Å²) in [5, 5.41) is 4.12. The Kier molecular flexibility index (Phi) is 4.31. The topological polar surface area (TPSA) is 12.0 Å². The molecule has 18 heavy (non-hydrogen) atoms. The lowest BCUT2D eigenvalue weighted by Gasteiger charge is -2.11. The minimum atomic E-state index is 0.754. The third-order valence-corrected chi connectivity index (χ3v) is 3.85. The highest BCUT2D eigenvalue weighted by Crippen LogP contribution is 2.25. The minimum Gasteiger partial charge on any atom is -0.380 e. The SMILES string of the molecule is Cc1ccc(NCc2ccc(C)cc2Br)c(Cl)c1. The Bertz CT molecular complexity index is 515. The van der Waals surface area contributed by atoms with Gasteiger partial charge in [-0.1, -0.05) is 45.7 Å². The second-order valence-electron chi connectivity index (χ2n) is 4.43. The molecule has 0 radical (unpaired) electrons. The van der Waals surface area contributed by atoms with E-state index in [1.807, 2.05) is 19.1 Å². The molecule has 1 nitrogen and oxygen atoms in total. The standard InChI is InChI=1S/C15H15BrClN/c1-10-3-5-12(13(16)7-10)9-18-15-6-4-11(2)8-14(15)17/h3-8,18H,9H2,1-2H3. The van der Waals surface area contributed by atoms with Gasteiger partial charge in [0.05, 0.1) is 10.7 Å². The first-order chi connectivity index (χ1) is 8.56. The van der Waals surface area contributed by atoms with E-state index in [-0.39, 0.29) is 0 Å². The Hall–Kier alpha value is -0.990. The number of hydrogen-bond donors (Lipinski definition) is 1. The molecule has 0 amide bonds. The van der Waals surface area contributed by atoms with E-state index in [2.05, 4.69) is 52.4 Å². The predicted molar refractivity (Wildman–Crippen MR) is 82.4 cm³/mol. The maximum Gasteiger partial charge on any atom is 0.0640 e. The average molecular weight is 325 g/mol. The molecule has 0 spiro atoms. The van der Waals surface area contributed by atoms with Crippen LogP contribution in [0.25, 0.3) is 0 Å². The number of rotatable bonds is 3. The van der Waals surface area contributed by atoms with Crippen molar-refractivity contribution >= 4 is 33.2 Å². The van der Waals surface area contributed by atoms with Gasteiger partial charge in [0, 0.05) is 11.0 Å². The maximum atomic E-state index is 6.19. The molecular weight excluding hydrogens is 310 g/mol. The highest BCUT2D eigenvalue weighted by molar-refractivity contribution is 9.10. The molecule has 0 saturated carbocycles. The quantitative estimate of drug-likeness (QED) is 0.804. The molecule has 94 valence electrons. The zero-order valence-corrected chi connectivity index (χ0v) is 12.8. The van der Waals surface area contributed by atoms with Crippen molar-refractivity contribution < 1.29 is 0 Å². The fourth-order valence-corrected chi connectivity index (χ4v) is 2.69. The van der Waals surface area contributed by atoms with Gasteiger partial charge in [-0.05, 0) is 48.7 Å². The van der Waals surface area contributed by atoms with Crippen molar-refractivity contribution in [2.75, 3.05) is 5.32 Å². The molecule has 0 aliphatic carbocycles. The molecule has 0 saturated heterocycles. The normalized spacial score (nSPS) is 10.4. The summed E-state index contributed by atoms with van der Waals surface area (Å²) in [6, 6.07) is 12.4. The smallest absolute Gasteiger partial charge is 0.0640 e. The molecule has 0 unspecified atom stereocenters. The van der Waals surface area contributed by atoms with Gasteiger partial charge in [-0.3, -0.25) is 0 Å². The van der Waals surface area contributed by atoms with Gasteiger partial charge >= 0.3 is 0 Å². The molecule has 1 N–H and O–H groups in total. The number of benzene rings is 2. The van der Waals surface area contributed by atoms with Gasteiger partial charge in [-0.2, -0.15) is 0 Å². The lowest BCUT2D eigenvalue weighted by Crippen LogP contribution is -2.01. The highest BCUT2D eigenvalue weighted by Gasteiger charge is 2.03. The summed E-state index contributed by atoms with van der Waals surface area (Å²) >= 11 is 9.76. The summed E-state index contributed by atoms with van der Waals surface area (Å²) in [7, 11) is 0. The fraction of sp³-hybridized carbons (Fsp3) is 0.200. The largest absolute Gasteiger partial charge is 0.380 e. The van der Waals surface area contributed by atoms with Gasteiger partial charge in [0.15, 0.2) is 0 Å². The number of halogens is 2. The van der Waals surface area contributed by atoms with Crippen molar-refractivity contribution in [3.8, 4) is 0 Å². The lowest BCUT2D eigenvalue weighted by atomic mass is 10.1. The zero-order valence-electron chi connectivity index (χ0n) is 10.4. The molecule has 3 heteroatoms. The van der Waals surface area contributed by atoms with E-state index in [1.54, 1.807) is 0 Å². The molecule has 2 aromatic rings. The molecule has 0 aromatic heterocycles. The van der Waals surface area contributed by atoms with Crippen LogP contribution in [-0.4, -0.2) is 0 Å². The molecule has 0 atom stereocenters. The van der Waals surface area contributed by atoms with Crippen LogP contribution in [0.3, 0.4) is 0 Å². The molecule has 0 fully saturated rings. The second-order valence-corrected chi connectivity index (χ2v) is 5.69. The summed E-state index contributed by atoms with van der Waals surface area (Å²) in [5.41, 5.74) is 4.60. The zero-order chi connectivity index (χ0) is 13.1. The van der Waals surface area contributed by atoms with Crippen molar-refractivity contribution in [1.29, 1.82) is 0 Å². The third-order valence-electron chi connectivity index (χ3n) is 2.80. The molecule has 0 bridgehead atoms. The van der Waals surface area contributed by atoms with E-state index in [4.69, 9.17) is 11.6 Å². The molecule has 0 heterocycles. The van der Waals surface area contributed by atoms with E-state index in [0.29, 0.717) is 0 Å². The van der Waals surface area contributed by atoms with E-state index < -0.39 is 0 Å². The van der Waals surface area contributed by atoms with Crippen LogP contribution in [0.15, 0.2) is 40.9 Å². The van der Waals surface area contributed by atoms with Gasteiger partial charge in [0.25, 0.3) is 0 Å². The molecule has 2 rings (SSSR count). The van der Waals surface area contributed by atoms with Crippen LogP contribution in [0, 0.1) is 13.8 Å². The third kappa shape index (κ3) is 3.27. The van der Waals surface area contributed by atoms with Crippen LogP contribution >= 0.6 is 27.5 Å². The Labute approximate surface area is 121 Å². The van der Waals surface area contributed by atoms with Crippen molar-refractivity contribution in [3.05, 3.63) is 62.6 Å². The first kappa shape index (κ1) is 13.4. The summed E-state index contributed by atoms with van der Waals surface area (Å²) in [5.74, 6) is 0.